The van der Waals surface area contributed by atoms with Crippen molar-refractivity contribution in [2.45, 2.75) is 12.6 Å². The van der Waals surface area contributed by atoms with Crippen LogP contribution in [0, 0.1) is 10.1 Å². The van der Waals surface area contributed by atoms with E-state index in [9.17, 15) is 27.9 Å². The zero-order valence-corrected chi connectivity index (χ0v) is 14.5. The Hall–Kier alpha value is -2.22. The van der Waals surface area contributed by atoms with E-state index in [2.05, 4.69) is 0 Å². The second-order valence-corrected chi connectivity index (χ2v) is 6.68. The van der Waals surface area contributed by atoms with Crippen LogP contribution in [0.4, 0.5) is 18.9 Å². The molecule has 0 aliphatic rings. The lowest BCUT2D eigenvalue weighted by atomic mass is 10.1. The predicted molar refractivity (Wildman–Crippen MR) is 88.0 cm³/mol. The standard InChI is InChI=1S/C15H10ClF3NO5P/c16-12-8-10(15(17,18)19)1-4-14(12)25-11-2-3-13(20(21)22)9(7-11)5-6-26(23)24/h1-4,7-8H,5-6H2/p+1. The highest BCUT2D eigenvalue weighted by Gasteiger charge is 2.31. The molecule has 1 unspecified atom stereocenters. The quantitative estimate of drug-likeness (QED) is 0.396. The summed E-state index contributed by atoms with van der Waals surface area (Å²) in [5.41, 5.74) is -1.04. The number of rotatable bonds is 6. The van der Waals surface area contributed by atoms with Crippen LogP contribution in [-0.4, -0.2) is 16.0 Å². The maximum Gasteiger partial charge on any atom is 0.505 e. The Balaban J connectivity index is 2.30. The van der Waals surface area contributed by atoms with Crippen LogP contribution < -0.4 is 4.74 Å². The van der Waals surface area contributed by atoms with Crippen molar-refractivity contribution in [3.05, 3.63) is 62.7 Å². The van der Waals surface area contributed by atoms with Crippen molar-refractivity contribution in [3.63, 3.8) is 0 Å². The summed E-state index contributed by atoms with van der Waals surface area (Å²) in [4.78, 5) is 19.3. The average molecular weight is 409 g/mol. The molecule has 0 radical (unpaired) electrons. The second kappa shape index (κ2) is 7.99. The van der Waals surface area contributed by atoms with E-state index in [1.165, 1.54) is 12.1 Å². The second-order valence-electron chi connectivity index (χ2n) is 5.12. The third kappa shape index (κ3) is 5.14. The summed E-state index contributed by atoms with van der Waals surface area (Å²) in [7, 11) is -2.47. The van der Waals surface area contributed by atoms with Gasteiger partial charge in [0, 0.05) is 18.1 Å². The number of ether oxygens (including phenoxy) is 1. The van der Waals surface area contributed by atoms with Crippen molar-refractivity contribution >= 4 is 25.3 Å². The van der Waals surface area contributed by atoms with Gasteiger partial charge in [-0.25, -0.2) is 0 Å². The maximum atomic E-state index is 12.6. The van der Waals surface area contributed by atoms with Crippen molar-refractivity contribution in [2.24, 2.45) is 0 Å². The fourth-order valence-corrected chi connectivity index (χ4v) is 2.76. The first-order valence-electron chi connectivity index (χ1n) is 7.03. The SMILES string of the molecule is O=[N+]([O-])c1ccc(Oc2ccc(C(F)(F)F)cc2Cl)cc1CC[P+](=O)O. The topological polar surface area (TPSA) is 89.7 Å². The average Bonchev–Trinajstić information content (AvgIpc) is 2.53. The molecule has 0 fully saturated rings. The largest absolute Gasteiger partial charge is 0.505 e. The van der Waals surface area contributed by atoms with E-state index in [0.29, 0.717) is 6.07 Å². The van der Waals surface area contributed by atoms with Gasteiger partial charge in [0.15, 0.2) is 6.16 Å². The van der Waals surface area contributed by atoms with Gasteiger partial charge in [-0.2, -0.15) is 18.1 Å². The van der Waals surface area contributed by atoms with Crippen LogP contribution in [0.5, 0.6) is 11.5 Å². The molecule has 0 aliphatic carbocycles. The molecule has 2 aromatic rings. The summed E-state index contributed by atoms with van der Waals surface area (Å²) < 4.78 is 54.2. The van der Waals surface area contributed by atoms with Crippen LogP contribution >= 0.6 is 19.6 Å². The summed E-state index contributed by atoms with van der Waals surface area (Å²) in [5, 5.41) is 10.7. The molecule has 6 nitrogen and oxygen atoms in total. The molecule has 0 aliphatic heterocycles. The fourth-order valence-electron chi connectivity index (χ4n) is 2.11. The van der Waals surface area contributed by atoms with Gasteiger partial charge in [-0.1, -0.05) is 11.6 Å². The highest BCUT2D eigenvalue weighted by atomic mass is 35.5. The molecule has 0 amide bonds. The van der Waals surface area contributed by atoms with Gasteiger partial charge in [0.25, 0.3) is 5.69 Å². The van der Waals surface area contributed by atoms with Crippen LogP contribution in [0.25, 0.3) is 0 Å². The van der Waals surface area contributed by atoms with E-state index >= 15 is 0 Å². The first-order valence-corrected chi connectivity index (χ1v) is 8.81. The molecule has 1 atom stereocenters. The minimum atomic E-state index is -4.55. The molecule has 0 bridgehead atoms. The number of nitro groups is 1. The Morgan fingerprint density at radius 1 is 1.23 bits per heavy atom. The lowest BCUT2D eigenvalue weighted by molar-refractivity contribution is -0.385. The van der Waals surface area contributed by atoms with Crippen molar-refractivity contribution in [2.75, 3.05) is 6.16 Å². The Kier molecular flexibility index (Phi) is 6.17. The van der Waals surface area contributed by atoms with E-state index in [0.717, 1.165) is 18.2 Å². The van der Waals surface area contributed by atoms with Gasteiger partial charge in [-0.3, -0.25) is 10.1 Å². The molecule has 0 saturated carbocycles. The molecule has 11 heteroatoms. The third-order valence-corrected chi connectivity index (χ3v) is 4.21. The Morgan fingerprint density at radius 2 is 1.92 bits per heavy atom. The van der Waals surface area contributed by atoms with Crippen LogP contribution in [0.15, 0.2) is 36.4 Å². The molecule has 2 aromatic carbocycles. The molecule has 1 N–H and O–H groups in total. The minimum Gasteiger partial charge on any atom is -0.456 e. The van der Waals surface area contributed by atoms with E-state index < -0.39 is 24.7 Å². The van der Waals surface area contributed by atoms with E-state index in [4.69, 9.17) is 21.2 Å². The molecule has 26 heavy (non-hydrogen) atoms. The smallest absolute Gasteiger partial charge is 0.456 e. The van der Waals surface area contributed by atoms with E-state index in [-0.39, 0.29) is 40.4 Å². The van der Waals surface area contributed by atoms with Gasteiger partial charge in [0.1, 0.15) is 11.5 Å². The molecule has 0 aromatic heterocycles. The zero-order chi connectivity index (χ0) is 19.5. The first kappa shape index (κ1) is 20.1. The number of halogens is 4. The zero-order valence-electron chi connectivity index (χ0n) is 12.9. The van der Waals surface area contributed by atoms with Crippen LogP contribution in [0.1, 0.15) is 11.1 Å². The van der Waals surface area contributed by atoms with Crippen LogP contribution in [-0.2, 0) is 17.2 Å². The monoisotopic (exact) mass is 408 g/mol. The molecule has 138 valence electrons. The predicted octanol–water partition coefficient (Wildman–Crippen LogP) is 5.34. The van der Waals surface area contributed by atoms with Crippen LogP contribution in [0.2, 0.25) is 5.02 Å². The number of nitrogens with zero attached hydrogens (tertiary/aromatic N) is 1. The molecular weight excluding hydrogens is 398 g/mol. The fraction of sp³-hybridized carbons (Fsp3) is 0.200. The number of benzene rings is 2. The van der Waals surface area contributed by atoms with Gasteiger partial charge in [0.05, 0.1) is 15.5 Å². The molecular formula is C15H11ClF3NO5P+. The van der Waals surface area contributed by atoms with Crippen molar-refractivity contribution in [3.8, 4) is 11.5 Å². The molecule has 0 heterocycles. The maximum absolute atomic E-state index is 12.6. The third-order valence-electron chi connectivity index (χ3n) is 3.31. The Morgan fingerprint density at radius 3 is 2.46 bits per heavy atom. The highest BCUT2D eigenvalue weighted by molar-refractivity contribution is 7.37. The van der Waals surface area contributed by atoms with E-state index in [1.807, 2.05) is 0 Å². The van der Waals surface area contributed by atoms with Gasteiger partial charge in [0.2, 0.25) is 0 Å². The normalized spacial score (nSPS) is 12.0. The summed E-state index contributed by atoms with van der Waals surface area (Å²) in [6.07, 6.45) is -4.77. The molecule has 0 saturated heterocycles. The number of nitro benzene ring substituents is 1. The van der Waals surface area contributed by atoms with E-state index in [1.54, 1.807) is 0 Å². The van der Waals surface area contributed by atoms with Crippen molar-refractivity contribution in [1.29, 1.82) is 0 Å². The van der Waals surface area contributed by atoms with Crippen molar-refractivity contribution in [1.82, 2.24) is 0 Å². The summed E-state index contributed by atoms with van der Waals surface area (Å²) in [5.74, 6) is 0.0353. The Bertz CT molecular complexity index is 860. The van der Waals surface area contributed by atoms with Gasteiger partial charge in [-0.05, 0) is 34.9 Å². The Labute approximate surface area is 151 Å². The number of hydrogen-bond acceptors (Lipinski definition) is 4. The van der Waals surface area contributed by atoms with Crippen molar-refractivity contribution < 1.29 is 32.3 Å². The summed E-state index contributed by atoms with van der Waals surface area (Å²) >= 11 is 5.80. The lowest BCUT2D eigenvalue weighted by Crippen LogP contribution is -2.04. The highest BCUT2D eigenvalue weighted by Crippen LogP contribution is 2.37. The number of hydrogen-bond donors (Lipinski definition) is 1. The van der Waals surface area contributed by atoms with Crippen LogP contribution in [0.3, 0.4) is 0 Å². The van der Waals surface area contributed by atoms with Gasteiger partial charge in [-0.15, -0.1) is 0 Å². The summed E-state index contributed by atoms with van der Waals surface area (Å²) in [6.45, 7) is 0. The lowest BCUT2D eigenvalue weighted by Gasteiger charge is -2.11. The number of aryl methyl sites for hydroxylation is 1. The first-order chi connectivity index (χ1) is 12.1. The molecule has 2 rings (SSSR count). The van der Waals surface area contributed by atoms with Gasteiger partial charge < -0.3 is 4.74 Å². The van der Waals surface area contributed by atoms with Gasteiger partial charge >= 0.3 is 14.2 Å². The number of alkyl halides is 3. The molecule has 0 spiro atoms. The summed E-state index contributed by atoms with van der Waals surface area (Å²) in [6, 6.07) is 6.23. The minimum absolute atomic E-state index is 0.0417.